The predicted molar refractivity (Wildman–Crippen MR) is 121 cm³/mol. The number of nitrogens with one attached hydrogen (secondary N) is 1. The number of thioether (sulfide) groups is 1. The molecule has 2 rings (SSSR count). The highest BCUT2D eigenvalue weighted by Gasteiger charge is 2.34. The minimum Gasteiger partial charge on any atom is -0.480 e. The minimum atomic E-state index is -1.12. The monoisotopic (exact) mass is 451 g/mol. The van der Waals surface area contributed by atoms with Gasteiger partial charge in [-0.3, -0.25) is 24.6 Å². The van der Waals surface area contributed by atoms with Crippen LogP contribution in [-0.2, 0) is 14.4 Å². The quantitative estimate of drug-likeness (QED) is 0.317. The number of carboxylic acids is 2. The highest BCUT2D eigenvalue weighted by atomic mass is 32.2. The number of anilines is 1. The molecule has 0 spiro atoms. The third kappa shape index (κ3) is 8.16. The lowest BCUT2D eigenvalue weighted by Gasteiger charge is -2.26. The molecular weight excluding hydrogens is 418 g/mol. The molecule has 5 N–H and O–H groups in total. The van der Waals surface area contributed by atoms with E-state index in [1.54, 1.807) is 12.1 Å². The van der Waals surface area contributed by atoms with E-state index in [-0.39, 0.29) is 0 Å². The molecule has 8 nitrogen and oxygen atoms in total. The van der Waals surface area contributed by atoms with Crippen LogP contribution in [0.4, 0.5) is 5.69 Å². The van der Waals surface area contributed by atoms with E-state index in [2.05, 4.69) is 5.32 Å². The van der Waals surface area contributed by atoms with Crippen LogP contribution in [0.25, 0.3) is 0 Å². The number of para-hydroxylation sites is 1. The lowest BCUT2D eigenvalue weighted by Crippen LogP contribution is -2.53. The Morgan fingerprint density at radius 1 is 1.10 bits per heavy atom. The van der Waals surface area contributed by atoms with Gasteiger partial charge in [-0.15, -0.1) is 11.8 Å². The van der Waals surface area contributed by atoms with Crippen LogP contribution in [-0.4, -0.2) is 59.0 Å². The van der Waals surface area contributed by atoms with Gasteiger partial charge in [-0.25, -0.2) is 0 Å². The van der Waals surface area contributed by atoms with Crippen LogP contribution in [0.3, 0.4) is 0 Å². The van der Waals surface area contributed by atoms with Gasteiger partial charge in [-0.05, 0) is 31.5 Å². The van der Waals surface area contributed by atoms with Crippen LogP contribution in [0, 0.1) is 0 Å². The van der Waals surface area contributed by atoms with Crippen LogP contribution < -0.4 is 16.0 Å². The van der Waals surface area contributed by atoms with E-state index >= 15 is 0 Å². The van der Waals surface area contributed by atoms with Gasteiger partial charge in [-0.1, -0.05) is 50.7 Å². The van der Waals surface area contributed by atoms with Crippen LogP contribution in [0.2, 0.25) is 0 Å². The summed E-state index contributed by atoms with van der Waals surface area (Å²) in [6.45, 7) is 0.260. The zero-order valence-electron chi connectivity index (χ0n) is 17.8. The molecule has 0 saturated heterocycles. The van der Waals surface area contributed by atoms with Gasteiger partial charge in [0, 0.05) is 10.6 Å². The predicted octanol–water partition coefficient (Wildman–Crippen LogP) is 2.70. The number of aliphatic carboxylic acids is 2. The zero-order chi connectivity index (χ0) is 22.6. The summed E-state index contributed by atoms with van der Waals surface area (Å²) < 4.78 is 0. The van der Waals surface area contributed by atoms with Crippen molar-refractivity contribution in [2.45, 2.75) is 68.3 Å². The van der Waals surface area contributed by atoms with Gasteiger partial charge in [-0.2, -0.15) is 0 Å². The van der Waals surface area contributed by atoms with E-state index in [9.17, 15) is 24.6 Å². The highest BCUT2D eigenvalue weighted by molar-refractivity contribution is 7.99. The van der Waals surface area contributed by atoms with Crippen molar-refractivity contribution in [1.82, 2.24) is 5.32 Å². The topological polar surface area (TPSA) is 133 Å². The summed E-state index contributed by atoms with van der Waals surface area (Å²) in [4.78, 5) is 38.2. The van der Waals surface area contributed by atoms with Crippen molar-refractivity contribution in [2.75, 3.05) is 23.7 Å². The fourth-order valence-electron chi connectivity index (χ4n) is 3.67. The van der Waals surface area contributed by atoms with Crippen LogP contribution >= 0.6 is 11.8 Å². The second-order valence-corrected chi connectivity index (χ2v) is 8.82. The fraction of sp³-hybridized carbons (Fsp3) is 0.591. The van der Waals surface area contributed by atoms with Gasteiger partial charge in [0.05, 0.1) is 11.7 Å². The number of nitrogens with two attached hydrogens (primary N) is 1. The molecule has 31 heavy (non-hydrogen) atoms. The molecule has 0 fully saturated rings. The first-order valence-corrected chi connectivity index (χ1v) is 11.9. The number of nitrogens with zero attached hydrogens (tertiary/aromatic N) is 1. The second-order valence-electron chi connectivity index (χ2n) is 7.76. The molecule has 0 aromatic heterocycles. The molecule has 0 saturated carbocycles. The lowest BCUT2D eigenvalue weighted by atomic mass is 10.0. The summed E-state index contributed by atoms with van der Waals surface area (Å²) in [5.74, 6) is -2.18. The maximum absolute atomic E-state index is 13.1. The molecule has 1 aliphatic rings. The number of rotatable bonds is 14. The van der Waals surface area contributed by atoms with Gasteiger partial charge in [0.15, 0.2) is 0 Å². The van der Waals surface area contributed by atoms with Crippen molar-refractivity contribution in [3.8, 4) is 0 Å². The third-order valence-electron chi connectivity index (χ3n) is 5.32. The van der Waals surface area contributed by atoms with Crippen molar-refractivity contribution in [2.24, 2.45) is 5.73 Å². The van der Waals surface area contributed by atoms with Crippen molar-refractivity contribution in [3.05, 3.63) is 24.3 Å². The van der Waals surface area contributed by atoms with E-state index in [0.717, 1.165) is 56.4 Å². The van der Waals surface area contributed by atoms with E-state index in [1.165, 1.54) is 16.7 Å². The van der Waals surface area contributed by atoms with Crippen molar-refractivity contribution < 1.29 is 24.6 Å². The van der Waals surface area contributed by atoms with Crippen LogP contribution in [0.5, 0.6) is 0 Å². The summed E-state index contributed by atoms with van der Waals surface area (Å²) in [7, 11) is 0. The van der Waals surface area contributed by atoms with E-state index < -0.39 is 36.5 Å². The SMILES string of the molecule is NCCCCCCCCC[C@H](N[C@H]1CSc2ccccc2N(CC(=O)O)C1=O)C(=O)O. The summed E-state index contributed by atoms with van der Waals surface area (Å²) in [6, 6.07) is 5.53. The first-order valence-electron chi connectivity index (χ1n) is 10.9. The number of amides is 1. The van der Waals surface area contributed by atoms with E-state index in [4.69, 9.17) is 5.73 Å². The maximum atomic E-state index is 13.1. The molecule has 9 heteroatoms. The normalized spacial score (nSPS) is 17.1. The molecule has 0 unspecified atom stereocenters. The smallest absolute Gasteiger partial charge is 0.323 e. The molecule has 172 valence electrons. The lowest BCUT2D eigenvalue weighted by molar-refractivity contribution is -0.140. The summed E-state index contributed by atoms with van der Waals surface area (Å²) in [6.07, 6.45) is 7.62. The number of carbonyl (C=O) groups is 3. The molecule has 0 bridgehead atoms. The maximum Gasteiger partial charge on any atom is 0.323 e. The molecule has 2 atom stereocenters. The zero-order valence-corrected chi connectivity index (χ0v) is 18.6. The summed E-state index contributed by atoms with van der Waals surface area (Å²) >= 11 is 1.43. The average molecular weight is 452 g/mol. The standard InChI is InChI=1S/C22H33N3O5S/c23-13-9-5-3-1-2-4-6-10-16(22(29)30)24-17-15-31-19-12-8-7-11-18(19)25(21(17)28)14-20(26)27/h7-8,11-12,16-17,24H,1-6,9-10,13-15,23H2,(H,26,27)(H,29,30)/t16-,17-/m0/s1. The van der Waals surface area contributed by atoms with Gasteiger partial charge in [0.25, 0.3) is 0 Å². The Balaban J connectivity index is 1.94. The second kappa shape index (κ2) is 13.3. The molecule has 1 aromatic rings. The number of hydrogen-bond donors (Lipinski definition) is 4. The summed E-state index contributed by atoms with van der Waals surface area (Å²) in [5.41, 5.74) is 6.03. The average Bonchev–Trinajstić information content (AvgIpc) is 2.86. The number of benzene rings is 1. The molecular formula is C22H33N3O5S. The Kier molecular flexibility index (Phi) is 10.8. The van der Waals surface area contributed by atoms with Crippen molar-refractivity contribution >= 4 is 35.3 Å². The first-order chi connectivity index (χ1) is 14.9. The Hall–Kier alpha value is -2.10. The number of carboxylic acid groups (broad SMARTS) is 2. The number of unbranched alkanes of at least 4 members (excludes halogenated alkanes) is 6. The van der Waals surface area contributed by atoms with Crippen molar-refractivity contribution in [3.63, 3.8) is 0 Å². The van der Waals surface area contributed by atoms with Crippen LogP contribution in [0.1, 0.15) is 51.4 Å². The molecule has 1 amide bonds. The number of carbonyl (C=O) groups excluding carboxylic acids is 1. The summed E-state index contributed by atoms with van der Waals surface area (Å²) in [5, 5.41) is 21.9. The van der Waals surface area contributed by atoms with Gasteiger partial charge < -0.3 is 15.9 Å². The van der Waals surface area contributed by atoms with Gasteiger partial charge in [0.2, 0.25) is 5.91 Å². The first kappa shape index (κ1) is 25.2. The Morgan fingerprint density at radius 2 is 1.74 bits per heavy atom. The highest BCUT2D eigenvalue weighted by Crippen LogP contribution is 2.34. The number of fused-ring (bicyclic) bond motifs is 1. The third-order valence-corrected chi connectivity index (χ3v) is 6.47. The van der Waals surface area contributed by atoms with Gasteiger partial charge in [0.1, 0.15) is 12.6 Å². The molecule has 1 aliphatic heterocycles. The van der Waals surface area contributed by atoms with E-state index in [0.29, 0.717) is 17.9 Å². The Morgan fingerprint density at radius 3 is 2.39 bits per heavy atom. The minimum absolute atomic E-state index is 0.344. The molecule has 0 aliphatic carbocycles. The molecule has 1 aromatic carbocycles. The largest absolute Gasteiger partial charge is 0.480 e. The Labute approximate surface area is 187 Å². The van der Waals surface area contributed by atoms with Crippen molar-refractivity contribution in [1.29, 1.82) is 0 Å². The number of hydrogen-bond acceptors (Lipinski definition) is 6. The van der Waals surface area contributed by atoms with Crippen LogP contribution in [0.15, 0.2) is 29.2 Å². The molecule has 0 radical (unpaired) electrons. The fourth-order valence-corrected chi connectivity index (χ4v) is 4.75. The Bertz CT molecular complexity index is 746. The molecule has 1 heterocycles. The van der Waals surface area contributed by atoms with E-state index in [1.807, 2.05) is 12.1 Å². The van der Waals surface area contributed by atoms with Gasteiger partial charge >= 0.3 is 11.9 Å².